The minimum atomic E-state index is 0.893. The van der Waals surface area contributed by atoms with Gasteiger partial charge in [0.05, 0.1) is 25.3 Å². The summed E-state index contributed by atoms with van der Waals surface area (Å²) in [7, 11) is 3.46. The standard InChI is InChI=1S/C21H28N2O2/c1-6-22(7-2)12-13-23-19-14-16(24-4)8-9-17(19)18-10-11-20(25-5)15(3)21(18)23/h8-11,14H,6-7,12-13H2,1-5H3. The summed E-state index contributed by atoms with van der Waals surface area (Å²) in [4.78, 5) is 2.45. The lowest BCUT2D eigenvalue weighted by Crippen LogP contribution is -2.27. The maximum Gasteiger partial charge on any atom is 0.123 e. The molecule has 0 spiro atoms. The highest BCUT2D eigenvalue weighted by Gasteiger charge is 2.16. The lowest BCUT2D eigenvalue weighted by atomic mass is 10.1. The fourth-order valence-electron chi connectivity index (χ4n) is 3.69. The summed E-state index contributed by atoms with van der Waals surface area (Å²) in [6.07, 6.45) is 0. The molecule has 1 heterocycles. The van der Waals surface area contributed by atoms with Crippen molar-refractivity contribution in [2.75, 3.05) is 33.9 Å². The molecular formula is C21H28N2O2. The first-order chi connectivity index (χ1) is 12.1. The molecule has 0 radical (unpaired) electrons. The van der Waals surface area contributed by atoms with Crippen LogP contribution in [-0.2, 0) is 6.54 Å². The number of ether oxygens (including phenoxy) is 2. The van der Waals surface area contributed by atoms with Gasteiger partial charge in [-0.05, 0) is 44.3 Å². The Morgan fingerprint density at radius 1 is 0.960 bits per heavy atom. The van der Waals surface area contributed by atoms with Gasteiger partial charge in [0.25, 0.3) is 0 Å². The Morgan fingerprint density at radius 3 is 2.32 bits per heavy atom. The van der Waals surface area contributed by atoms with Crippen molar-refractivity contribution < 1.29 is 9.47 Å². The first-order valence-electron chi connectivity index (χ1n) is 9.00. The molecule has 3 rings (SSSR count). The number of hydrogen-bond acceptors (Lipinski definition) is 3. The third-order valence-corrected chi connectivity index (χ3v) is 5.19. The molecule has 25 heavy (non-hydrogen) atoms. The molecule has 2 aromatic carbocycles. The summed E-state index contributed by atoms with van der Waals surface area (Å²) in [6.45, 7) is 10.7. The van der Waals surface area contributed by atoms with Crippen LogP contribution in [0.1, 0.15) is 19.4 Å². The number of hydrogen-bond donors (Lipinski definition) is 0. The average Bonchev–Trinajstić information content (AvgIpc) is 2.96. The Hall–Kier alpha value is -2.20. The van der Waals surface area contributed by atoms with Crippen LogP contribution in [0.25, 0.3) is 21.8 Å². The molecule has 0 aliphatic heterocycles. The summed E-state index contributed by atoms with van der Waals surface area (Å²) < 4.78 is 13.5. The van der Waals surface area contributed by atoms with Gasteiger partial charge in [-0.3, -0.25) is 0 Å². The van der Waals surface area contributed by atoms with E-state index in [4.69, 9.17) is 9.47 Å². The minimum Gasteiger partial charge on any atom is -0.497 e. The van der Waals surface area contributed by atoms with Gasteiger partial charge in [0, 0.05) is 35.5 Å². The monoisotopic (exact) mass is 340 g/mol. The Morgan fingerprint density at radius 2 is 1.68 bits per heavy atom. The van der Waals surface area contributed by atoms with E-state index in [1.165, 1.54) is 27.4 Å². The molecule has 0 N–H and O–H groups in total. The zero-order valence-electron chi connectivity index (χ0n) is 15.9. The van der Waals surface area contributed by atoms with Crippen molar-refractivity contribution in [3.05, 3.63) is 35.9 Å². The number of methoxy groups -OCH3 is 2. The Kier molecular flexibility index (Phi) is 5.19. The normalized spacial score (nSPS) is 11.6. The van der Waals surface area contributed by atoms with Gasteiger partial charge in [0.1, 0.15) is 11.5 Å². The van der Waals surface area contributed by atoms with Crippen LogP contribution in [0.4, 0.5) is 0 Å². The lowest BCUT2D eigenvalue weighted by molar-refractivity contribution is 0.293. The van der Waals surface area contributed by atoms with E-state index in [0.717, 1.165) is 37.7 Å². The van der Waals surface area contributed by atoms with Crippen molar-refractivity contribution in [1.29, 1.82) is 0 Å². The van der Waals surface area contributed by atoms with Gasteiger partial charge in [-0.2, -0.15) is 0 Å². The quantitative estimate of drug-likeness (QED) is 0.635. The van der Waals surface area contributed by atoms with Crippen LogP contribution in [-0.4, -0.2) is 43.3 Å². The molecule has 134 valence electrons. The van der Waals surface area contributed by atoms with E-state index in [9.17, 15) is 0 Å². The zero-order valence-corrected chi connectivity index (χ0v) is 15.9. The number of rotatable bonds is 7. The van der Waals surface area contributed by atoms with Crippen LogP contribution in [0.2, 0.25) is 0 Å². The van der Waals surface area contributed by atoms with Crippen LogP contribution in [0.15, 0.2) is 30.3 Å². The third-order valence-electron chi connectivity index (χ3n) is 5.19. The number of aromatic nitrogens is 1. The van der Waals surface area contributed by atoms with Crippen molar-refractivity contribution in [2.24, 2.45) is 0 Å². The Bertz CT molecular complexity index is 879. The molecule has 0 saturated heterocycles. The van der Waals surface area contributed by atoms with Crippen LogP contribution in [0.3, 0.4) is 0 Å². The Labute approximate surface area is 149 Å². The summed E-state index contributed by atoms with van der Waals surface area (Å²) >= 11 is 0. The second kappa shape index (κ2) is 7.36. The van der Waals surface area contributed by atoms with E-state index in [2.05, 4.69) is 54.5 Å². The molecule has 0 saturated carbocycles. The van der Waals surface area contributed by atoms with Crippen molar-refractivity contribution in [3.8, 4) is 11.5 Å². The molecule has 0 atom stereocenters. The highest BCUT2D eigenvalue weighted by atomic mass is 16.5. The topological polar surface area (TPSA) is 26.6 Å². The van der Waals surface area contributed by atoms with Gasteiger partial charge in [0.15, 0.2) is 0 Å². The second-order valence-electron chi connectivity index (χ2n) is 6.35. The molecule has 0 aliphatic rings. The molecule has 0 fully saturated rings. The fourth-order valence-corrected chi connectivity index (χ4v) is 3.69. The maximum atomic E-state index is 5.57. The first-order valence-corrected chi connectivity index (χ1v) is 9.00. The highest BCUT2D eigenvalue weighted by Crippen LogP contribution is 2.36. The van der Waals surface area contributed by atoms with Gasteiger partial charge >= 0.3 is 0 Å². The molecular weight excluding hydrogens is 312 g/mol. The summed E-state index contributed by atoms with van der Waals surface area (Å²) in [6, 6.07) is 10.6. The summed E-state index contributed by atoms with van der Waals surface area (Å²) in [5.41, 5.74) is 3.67. The highest BCUT2D eigenvalue weighted by molar-refractivity contribution is 6.10. The molecule has 4 heteroatoms. The second-order valence-corrected chi connectivity index (χ2v) is 6.35. The molecule has 0 unspecified atom stereocenters. The van der Waals surface area contributed by atoms with E-state index >= 15 is 0 Å². The molecule has 3 aromatic rings. The summed E-state index contributed by atoms with van der Waals surface area (Å²) in [5, 5.41) is 2.54. The van der Waals surface area contributed by atoms with Crippen molar-refractivity contribution in [1.82, 2.24) is 9.47 Å². The fraction of sp³-hybridized carbons (Fsp3) is 0.429. The molecule has 0 amide bonds. The van der Waals surface area contributed by atoms with Gasteiger partial charge < -0.3 is 18.9 Å². The molecule has 0 aliphatic carbocycles. The molecule has 4 nitrogen and oxygen atoms in total. The van der Waals surface area contributed by atoms with E-state index in [1.54, 1.807) is 14.2 Å². The van der Waals surface area contributed by atoms with E-state index in [1.807, 2.05) is 6.07 Å². The van der Waals surface area contributed by atoms with E-state index in [-0.39, 0.29) is 0 Å². The van der Waals surface area contributed by atoms with Crippen LogP contribution in [0, 0.1) is 6.92 Å². The van der Waals surface area contributed by atoms with Crippen molar-refractivity contribution in [3.63, 3.8) is 0 Å². The van der Waals surface area contributed by atoms with Gasteiger partial charge in [0.2, 0.25) is 0 Å². The van der Waals surface area contributed by atoms with E-state index in [0.29, 0.717) is 0 Å². The van der Waals surface area contributed by atoms with Gasteiger partial charge in [-0.25, -0.2) is 0 Å². The van der Waals surface area contributed by atoms with Crippen LogP contribution in [0.5, 0.6) is 11.5 Å². The third kappa shape index (κ3) is 3.07. The first kappa shape index (κ1) is 17.6. The lowest BCUT2D eigenvalue weighted by Gasteiger charge is -2.19. The van der Waals surface area contributed by atoms with Gasteiger partial charge in [-0.1, -0.05) is 13.8 Å². The van der Waals surface area contributed by atoms with Gasteiger partial charge in [-0.15, -0.1) is 0 Å². The van der Waals surface area contributed by atoms with Crippen molar-refractivity contribution >= 4 is 21.8 Å². The number of aryl methyl sites for hydroxylation is 1. The predicted molar refractivity (Wildman–Crippen MR) is 105 cm³/mol. The zero-order chi connectivity index (χ0) is 18.0. The molecule has 0 bridgehead atoms. The van der Waals surface area contributed by atoms with Crippen LogP contribution >= 0.6 is 0 Å². The predicted octanol–water partition coefficient (Wildman–Crippen LogP) is 4.46. The SMILES string of the molecule is CCN(CC)CCn1c2cc(OC)ccc2c2ccc(OC)c(C)c21. The molecule has 1 aromatic heterocycles. The maximum absolute atomic E-state index is 5.57. The minimum absolute atomic E-state index is 0.893. The number of nitrogens with zero attached hydrogens (tertiary/aromatic N) is 2. The number of likely N-dealkylation sites (N-methyl/N-ethyl adjacent to an activating group) is 1. The largest absolute Gasteiger partial charge is 0.497 e. The Balaban J connectivity index is 2.23. The number of fused-ring (bicyclic) bond motifs is 3. The smallest absolute Gasteiger partial charge is 0.123 e. The average molecular weight is 340 g/mol. The van der Waals surface area contributed by atoms with E-state index < -0.39 is 0 Å². The van der Waals surface area contributed by atoms with Crippen molar-refractivity contribution in [2.45, 2.75) is 27.3 Å². The summed E-state index contributed by atoms with van der Waals surface area (Å²) in [5.74, 6) is 1.83. The van der Waals surface area contributed by atoms with Crippen LogP contribution < -0.4 is 9.47 Å². The number of benzene rings is 2.